The molecule has 0 bridgehead atoms. The maximum atomic E-state index is 12.5. The molecule has 1 saturated heterocycles. The Morgan fingerprint density at radius 2 is 2.27 bits per heavy atom. The van der Waals surface area contributed by atoms with Crippen LogP contribution in [0.2, 0.25) is 0 Å². The Balaban J connectivity index is 1.51. The van der Waals surface area contributed by atoms with Gasteiger partial charge in [0.25, 0.3) is 0 Å². The lowest BCUT2D eigenvalue weighted by Gasteiger charge is -2.25. The summed E-state index contributed by atoms with van der Waals surface area (Å²) in [4.78, 5) is 16.8. The van der Waals surface area contributed by atoms with Crippen molar-refractivity contribution in [1.29, 1.82) is 0 Å². The molecule has 0 N–H and O–H groups in total. The molecule has 0 unspecified atom stereocenters. The lowest BCUT2D eigenvalue weighted by atomic mass is 10.2. The van der Waals surface area contributed by atoms with E-state index in [-0.39, 0.29) is 5.91 Å². The number of amides is 1. The minimum atomic E-state index is 0.246. The molecular weight excluding hydrogens is 276 g/mol. The van der Waals surface area contributed by atoms with E-state index >= 15 is 0 Å². The Hall–Kier alpha value is -1.39. The molecule has 0 saturated carbocycles. The predicted octanol–water partition coefficient (Wildman–Crippen LogP) is 2.47. The van der Waals surface area contributed by atoms with Gasteiger partial charge in [0.05, 0.1) is 6.10 Å². The van der Waals surface area contributed by atoms with Crippen molar-refractivity contribution in [2.45, 2.75) is 38.7 Å². The van der Waals surface area contributed by atoms with Gasteiger partial charge in [-0.2, -0.15) is 0 Å². The van der Waals surface area contributed by atoms with E-state index < -0.39 is 0 Å². The number of nitrogens with zero attached hydrogens (tertiary/aromatic N) is 2. The molecule has 0 spiro atoms. The van der Waals surface area contributed by atoms with Crippen molar-refractivity contribution in [2.75, 3.05) is 37.7 Å². The van der Waals surface area contributed by atoms with Crippen molar-refractivity contribution in [1.82, 2.24) is 4.90 Å². The van der Waals surface area contributed by atoms with Gasteiger partial charge in [-0.05, 0) is 37.4 Å². The summed E-state index contributed by atoms with van der Waals surface area (Å²) in [5.41, 5.74) is 2.40. The summed E-state index contributed by atoms with van der Waals surface area (Å²) in [6, 6.07) is 8.25. The fourth-order valence-electron chi connectivity index (χ4n) is 3.44. The molecule has 1 aromatic rings. The van der Waals surface area contributed by atoms with Gasteiger partial charge in [-0.1, -0.05) is 25.1 Å². The van der Waals surface area contributed by atoms with Crippen LogP contribution in [0.25, 0.3) is 0 Å². The Morgan fingerprint density at radius 3 is 3.05 bits per heavy atom. The van der Waals surface area contributed by atoms with Gasteiger partial charge in [-0.25, -0.2) is 0 Å². The number of carbonyl (C=O) groups excluding carboxylic acids is 1. The SMILES string of the molecule is CCN(CCC(=O)N1CCc2ccccc21)C[C@@H]1CCCO1. The molecular formula is C18H26N2O2. The zero-order chi connectivity index (χ0) is 15.4. The van der Waals surface area contributed by atoms with Gasteiger partial charge in [0, 0.05) is 38.3 Å². The first-order valence-corrected chi connectivity index (χ1v) is 8.50. The zero-order valence-corrected chi connectivity index (χ0v) is 13.5. The molecule has 1 atom stereocenters. The maximum Gasteiger partial charge on any atom is 0.228 e. The van der Waals surface area contributed by atoms with Crippen LogP contribution in [0.15, 0.2) is 24.3 Å². The number of para-hydroxylation sites is 1. The summed E-state index contributed by atoms with van der Waals surface area (Å²) in [5, 5.41) is 0. The van der Waals surface area contributed by atoms with Crippen molar-refractivity contribution in [3.05, 3.63) is 29.8 Å². The predicted molar refractivity (Wildman–Crippen MR) is 88.2 cm³/mol. The summed E-state index contributed by atoms with van der Waals surface area (Å²) in [7, 11) is 0. The topological polar surface area (TPSA) is 32.8 Å². The number of fused-ring (bicyclic) bond motifs is 1. The largest absolute Gasteiger partial charge is 0.377 e. The molecule has 0 aliphatic carbocycles. The normalized spacial score (nSPS) is 20.6. The third kappa shape index (κ3) is 3.50. The van der Waals surface area contributed by atoms with E-state index in [4.69, 9.17) is 4.74 Å². The highest BCUT2D eigenvalue weighted by Crippen LogP contribution is 2.27. The van der Waals surface area contributed by atoms with Crippen LogP contribution in [0, 0.1) is 0 Å². The fraction of sp³-hybridized carbons (Fsp3) is 0.611. The number of rotatable bonds is 6. The second-order valence-corrected chi connectivity index (χ2v) is 6.20. The highest BCUT2D eigenvalue weighted by atomic mass is 16.5. The smallest absolute Gasteiger partial charge is 0.228 e. The van der Waals surface area contributed by atoms with Gasteiger partial charge in [0.2, 0.25) is 5.91 Å². The van der Waals surface area contributed by atoms with Crippen LogP contribution in [-0.4, -0.2) is 49.7 Å². The molecule has 4 nitrogen and oxygen atoms in total. The van der Waals surface area contributed by atoms with Gasteiger partial charge < -0.3 is 14.5 Å². The van der Waals surface area contributed by atoms with Crippen LogP contribution in [0.1, 0.15) is 31.7 Å². The van der Waals surface area contributed by atoms with E-state index in [1.807, 2.05) is 17.0 Å². The average Bonchev–Trinajstić information content (AvgIpc) is 3.20. The molecule has 1 fully saturated rings. The Bertz CT molecular complexity index is 512. The summed E-state index contributed by atoms with van der Waals surface area (Å²) in [5.74, 6) is 0.246. The molecule has 0 aromatic heterocycles. The number of hydrogen-bond acceptors (Lipinski definition) is 3. The molecule has 1 amide bonds. The number of anilines is 1. The first kappa shape index (κ1) is 15.5. The third-order valence-electron chi connectivity index (χ3n) is 4.76. The van der Waals surface area contributed by atoms with Crippen LogP contribution < -0.4 is 4.90 Å². The molecule has 3 rings (SSSR count). The first-order valence-electron chi connectivity index (χ1n) is 8.50. The van der Waals surface area contributed by atoms with E-state index in [9.17, 15) is 4.79 Å². The molecule has 120 valence electrons. The van der Waals surface area contributed by atoms with Gasteiger partial charge in [0.15, 0.2) is 0 Å². The first-order chi connectivity index (χ1) is 10.8. The second-order valence-electron chi connectivity index (χ2n) is 6.20. The van der Waals surface area contributed by atoms with E-state index in [2.05, 4.69) is 24.0 Å². The van der Waals surface area contributed by atoms with Crippen molar-refractivity contribution in [2.24, 2.45) is 0 Å². The minimum absolute atomic E-state index is 0.246. The Kier molecular flexibility index (Phi) is 5.11. The quantitative estimate of drug-likeness (QED) is 0.809. The number of hydrogen-bond donors (Lipinski definition) is 0. The molecule has 2 aliphatic heterocycles. The van der Waals surface area contributed by atoms with Gasteiger partial charge in [0.1, 0.15) is 0 Å². The Labute approximate surface area is 133 Å². The number of likely N-dealkylation sites (N-methyl/N-ethyl adjacent to an activating group) is 1. The van der Waals surface area contributed by atoms with Crippen molar-refractivity contribution in [3.8, 4) is 0 Å². The molecule has 2 heterocycles. The van der Waals surface area contributed by atoms with Crippen LogP contribution in [0.5, 0.6) is 0 Å². The molecule has 1 aromatic carbocycles. The van der Waals surface area contributed by atoms with Crippen LogP contribution in [-0.2, 0) is 16.0 Å². The molecule has 22 heavy (non-hydrogen) atoms. The summed E-state index contributed by atoms with van der Waals surface area (Å²) >= 11 is 0. The molecule has 2 aliphatic rings. The summed E-state index contributed by atoms with van der Waals surface area (Å²) in [6.07, 6.45) is 4.27. The maximum absolute atomic E-state index is 12.5. The van der Waals surface area contributed by atoms with E-state index in [0.29, 0.717) is 12.5 Å². The van der Waals surface area contributed by atoms with Crippen molar-refractivity contribution < 1.29 is 9.53 Å². The van der Waals surface area contributed by atoms with Gasteiger partial charge >= 0.3 is 0 Å². The number of ether oxygens (including phenoxy) is 1. The third-order valence-corrected chi connectivity index (χ3v) is 4.76. The fourth-order valence-corrected chi connectivity index (χ4v) is 3.44. The Morgan fingerprint density at radius 1 is 1.41 bits per heavy atom. The monoisotopic (exact) mass is 302 g/mol. The summed E-state index contributed by atoms with van der Waals surface area (Å²) < 4.78 is 5.70. The second kappa shape index (κ2) is 7.25. The van der Waals surface area contributed by atoms with Crippen LogP contribution >= 0.6 is 0 Å². The highest BCUT2D eigenvalue weighted by molar-refractivity contribution is 5.95. The van der Waals surface area contributed by atoms with Gasteiger partial charge in [-0.3, -0.25) is 4.79 Å². The number of benzene rings is 1. The van der Waals surface area contributed by atoms with Gasteiger partial charge in [-0.15, -0.1) is 0 Å². The van der Waals surface area contributed by atoms with Crippen molar-refractivity contribution >= 4 is 11.6 Å². The lowest BCUT2D eigenvalue weighted by Crippen LogP contribution is -2.36. The zero-order valence-electron chi connectivity index (χ0n) is 13.5. The minimum Gasteiger partial charge on any atom is -0.377 e. The summed E-state index contributed by atoms with van der Waals surface area (Å²) in [6.45, 7) is 6.64. The average molecular weight is 302 g/mol. The molecule has 4 heteroatoms. The molecule has 0 radical (unpaired) electrons. The van der Waals surface area contributed by atoms with E-state index in [1.54, 1.807) is 0 Å². The van der Waals surface area contributed by atoms with Crippen LogP contribution in [0.4, 0.5) is 5.69 Å². The number of carbonyl (C=O) groups is 1. The standard InChI is InChI=1S/C18H26N2O2/c1-2-19(14-16-7-5-13-22-16)11-10-18(21)20-12-9-15-6-3-4-8-17(15)20/h3-4,6,8,16H,2,5,7,9-14H2,1H3/t16-/m0/s1. The van der Waals surface area contributed by atoms with E-state index in [0.717, 1.165) is 51.3 Å². The van der Waals surface area contributed by atoms with Crippen LogP contribution in [0.3, 0.4) is 0 Å². The lowest BCUT2D eigenvalue weighted by molar-refractivity contribution is -0.118. The van der Waals surface area contributed by atoms with E-state index in [1.165, 1.54) is 12.0 Å². The van der Waals surface area contributed by atoms with Crippen molar-refractivity contribution in [3.63, 3.8) is 0 Å². The highest BCUT2D eigenvalue weighted by Gasteiger charge is 2.25.